The SMILES string of the molecule is Cc1cc(N2C[C@H](O)C[C@@H]2c2ccc(F)c(F)c2)n2ncnc2n1. The van der Waals surface area contributed by atoms with E-state index in [1.807, 2.05) is 17.9 Å². The molecule has 0 bridgehead atoms. The summed E-state index contributed by atoms with van der Waals surface area (Å²) in [5.41, 5.74) is 1.36. The van der Waals surface area contributed by atoms with Crippen molar-refractivity contribution in [1.82, 2.24) is 19.6 Å². The van der Waals surface area contributed by atoms with E-state index in [0.29, 0.717) is 30.1 Å². The van der Waals surface area contributed by atoms with Gasteiger partial charge in [0.05, 0.1) is 12.1 Å². The van der Waals surface area contributed by atoms with Gasteiger partial charge in [0.15, 0.2) is 11.6 Å². The summed E-state index contributed by atoms with van der Waals surface area (Å²) in [6.45, 7) is 2.21. The number of benzene rings is 1. The first kappa shape index (κ1) is 14.9. The van der Waals surface area contributed by atoms with Gasteiger partial charge in [0.1, 0.15) is 12.1 Å². The van der Waals surface area contributed by atoms with E-state index in [2.05, 4.69) is 15.1 Å². The number of β-amino-alcohol motifs (C(OH)–C–C–N with tert-alkyl or cyclic N) is 1. The van der Waals surface area contributed by atoms with E-state index in [1.165, 1.54) is 12.4 Å². The van der Waals surface area contributed by atoms with Gasteiger partial charge in [-0.2, -0.15) is 14.6 Å². The van der Waals surface area contributed by atoms with Crippen LogP contribution in [0.15, 0.2) is 30.6 Å². The quantitative estimate of drug-likeness (QED) is 0.778. The van der Waals surface area contributed by atoms with Crippen LogP contribution in [0.25, 0.3) is 5.78 Å². The number of halogens is 2. The van der Waals surface area contributed by atoms with Gasteiger partial charge < -0.3 is 10.0 Å². The number of aliphatic hydroxyl groups is 1. The van der Waals surface area contributed by atoms with Gasteiger partial charge in [-0.15, -0.1) is 0 Å². The number of aliphatic hydroxyl groups excluding tert-OH is 1. The summed E-state index contributed by atoms with van der Waals surface area (Å²) in [6.07, 6.45) is 1.25. The average Bonchev–Trinajstić information content (AvgIpc) is 3.15. The van der Waals surface area contributed by atoms with Crippen LogP contribution in [0.4, 0.5) is 14.6 Å². The third-order valence-electron chi connectivity index (χ3n) is 4.26. The molecule has 1 aliphatic rings. The molecule has 6 nitrogen and oxygen atoms in total. The van der Waals surface area contributed by atoms with Gasteiger partial charge in [0.2, 0.25) is 0 Å². The Labute approximate surface area is 136 Å². The smallest absolute Gasteiger partial charge is 0.254 e. The third kappa shape index (κ3) is 2.39. The molecule has 124 valence electrons. The second-order valence-electron chi connectivity index (χ2n) is 5.96. The van der Waals surface area contributed by atoms with E-state index in [-0.39, 0.29) is 6.04 Å². The molecule has 0 radical (unpaired) electrons. The van der Waals surface area contributed by atoms with Gasteiger partial charge in [0.25, 0.3) is 5.78 Å². The molecule has 0 aliphatic carbocycles. The number of fused-ring (bicyclic) bond motifs is 1. The Balaban J connectivity index is 1.82. The molecule has 1 aromatic carbocycles. The Hall–Kier alpha value is -2.61. The summed E-state index contributed by atoms with van der Waals surface area (Å²) in [5.74, 6) is -0.621. The Morgan fingerprint density at radius 1 is 1.21 bits per heavy atom. The molecular weight excluding hydrogens is 316 g/mol. The largest absolute Gasteiger partial charge is 0.391 e. The molecule has 1 saturated heterocycles. The van der Waals surface area contributed by atoms with E-state index in [1.54, 1.807) is 10.6 Å². The van der Waals surface area contributed by atoms with Crippen LogP contribution >= 0.6 is 0 Å². The fourth-order valence-corrected chi connectivity index (χ4v) is 3.22. The number of aryl methyl sites for hydroxylation is 1. The molecule has 1 fully saturated rings. The van der Waals surface area contributed by atoms with Gasteiger partial charge in [-0.05, 0) is 31.0 Å². The van der Waals surface area contributed by atoms with Crippen LogP contribution in [0.5, 0.6) is 0 Å². The van der Waals surface area contributed by atoms with Gasteiger partial charge >= 0.3 is 0 Å². The van der Waals surface area contributed by atoms with Gasteiger partial charge in [-0.1, -0.05) is 6.07 Å². The number of aromatic nitrogens is 4. The first-order chi connectivity index (χ1) is 11.5. The average molecular weight is 331 g/mol. The van der Waals surface area contributed by atoms with Crippen molar-refractivity contribution in [3.63, 3.8) is 0 Å². The lowest BCUT2D eigenvalue weighted by atomic mass is 10.0. The summed E-state index contributed by atoms with van der Waals surface area (Å²) < 4.78 is 28.4. The van der Waals surface area contributed by atoms with Gasteiger partial charge in [0, 0.05) is 18.3 Å². The molecule has 8 heteroatoms. The summed E-state index contributed by atoms with van der Waals surface area (Å²) in [7, 11) is 0. The molecule has 0 amide bonds. The lowest BCUT2D eigenvalue weighted by molar-refractivity contribution is 0.194. The minimum Gasteiger partial charge on any atom is -0.391 e. The van der Waals surface area contributed by atoms with E-state index >= 15 is 0 Å². The number of anilines is 1. The van der Waals surface area contributed by atoms with Crippen molar-refractivity contribution in [1.29, 1.82) is 0 Å². The molecule has 24 heavy (non-hydrogen) atoms. The second kappa shape index (κ2) is 5.48. The maximum atomic E-state index is 13.6. The zero-order valence-corrected chi connectivity index (χ0v) is 12.9. The number of rotatable bonds is 2. The summed E-state index contributed by atoms with van der Waals surface area (Å²) >= 11 is 0. The van der Waals surface area contributed by atoms with Crippen molar-refractivity contribution in [2.45, 2.75) is 25.5 Å². The lowest BCUT2D eigenvalue weighted by Gasteiger charge is -2.27. The number of hydrogen-bond acceptors (Lipinski definition) is 5. The fraction of sp³-hybridized carbons (Fsp3) is 0.312. The van der Waals surface area contributed by atoms with Crippen molar-refractivity contribution in [2.24, 2.45) is 0 Å². The molecule has 1 N–H and O–H groups in total. The molecule has 4 rings (SSSR count). The maximum Gasteiger partial charge on any atom is 0.254 e. The first-order valence-corrected chi connectivity index (χ1v) is 7.60. The molecule has 1 aliphatic heterocycles. The van der Waals surface area contributed by atoms with Crippen LogP contribution in [-0.4, -0.2) is 37.3 Å². The normalized spacial score (nSPS) is 20.9. The van der Waals surface area contributed by atoms with Crippen LogP contribution in [0.2, 0.25) is 0 Å². The van der Waals surface area contributed by atoms with E-state index in [0.717, 1.165) is 11.8 Å². The zero-order chi connectivity index (χ0) is 16.8. The molecule has 0 spiro atoms. The molecule has 2 aromatic heterocycles. The van der Waals surface area contributed by atoms with Crippen molar-refractivity contribution < 1.29 is 13.9 Å². The Morgan fingerprint density at radius 3 is 2.83 bits per heavy atom. The summed E-state index contributed by atoms with van der Waals surface area (Å²) in [4.78, 5) is 10.3. The van der Waals surface area contributed by atoms with Crippen molar-refractivity contribution in [2.75, 3.05) is 11.4 Å². The lowest BCUT2D eigenvalue weighted by Crippen LogP contribution is -2.27. The molecule has 2 atom stereocenters. The first-order valence-electron chi connectivity index (χ1n) is 7.60. The highest BCUT2D eigenvalue weighted by Gasteiger charge is 2.34. The van der Waals surface area contributed by atoms with E-state index < -0.39 is 17.7 Å². The van der Waals surface area contributed by atoms with E-state index in [9.17, 15) is 13.9 Å². The van der Waals surface area contributed by atoms with Crippen LogP contribution in [-0.2, 0) is 0 Å². The zero-order valence-electron chi connectivity index (χ0n) is 12.9. The van der Waals surface area contributed by atoms with Crippen LogP contribution < -0.4 is 4.90 Å². The van der Waals surface area contributed by atoms with Gasteiger partial charge in [-0.25, -0.2) is 13.8 Å². The molecule has 0 saturated carbocycles. The van der Waals surface area contributed by atoms with Crippen molar-refractivity contribution >= 4 is 11.6 Å². The highest BCUT2D eigenvalue weighted by molar-refractivity contribution is 5.50. The molecule has 3 aromatic rings. The highest BCUT2D eigenvalue weighted by atomic mass is 19.2. The van der Waals surface area contributed by atoms with Crippen molar-refractivity contribution in [3.8, 4) is 0 Å². The minimum absolute atomic E-state index is 0.288. The Bertz CT molecular complexity index is 913. The fourth-order valence-electron chi connectivity index (χ4n) is 3.22. The van der Waals surface area contributed by atoms with E-state index in [4.69, 9.17) is 0 Å². The summed E-state index contributed by atoms with van der Waals surface area (Å²) in [5, 5.41) is 14.3. The predicted octanol–water partition coefficient (Wildman–Crippen LogP) is 2.02. The van der Waals surface area contributed by atoms with Gasteiger partial charge in [-0.3, -0.25) is 0 Å². The topological polar surface area (TPSA) is 66.5 Å². The monoisotopic (exact) mass is 331 g/mol. The van der Waals surface area contributed by atoms with Crippen molar-refractivity contribution in [3.05, 3.63) is 53.5 Å². The second-order valence-corrected chi connectivity index (χ2v) is 5.96. The van der Waals surface area contributed by atoms with Crippen LogP contribution in [0.3, 0.4) is 0 Å². The predicted molar refractivity (Wildman–Crippen MR) is 82.6 cm³/mol. The third-order valence-corrected chi connectivity index (χ3v) is 4.26. The molecule has 3 heterocycles. The Morgan fingerprint density at radius 2 is 2.04 bits per heavy atom. The van der Waals surface area contributed by atoms with Crippen LogP contribution in [0, 0.1) is 18.6 Å². The maximum absolute atomic E-state index is 13.6. The standard InChI is InChI=1S/C16H15F2N5O/c1-9-4-15(23-16(21-9)19-8-20-23)22-7-11(24)6-14(22)10-2-3-12(17)13(18)5-10/h2-5,8,11,14,24H,6-7H2,1H3/t11-,14-/m1/s1. The molecular formula is C16H15F2N5O. The minimum atomic E-state index is -0.898. The molecule has 0 unspecified atom stereocenters. The number of hydrogen-bond donors (Lipinski definition) is 1. The highest BCUT2D eigenvalue weighted by Crippen LogP contribution is 2.36. The Kier molecular flexibility index (Phi) is 3.42. The van der Waals surface area contributed by atoms with Crippen LogP contribution in [0.1, 0.15) is 23.7 Å². The summed E-state index contributed by atoms with van der Waals surface area (Å²) in [6, 6.07) is 5.38. The number of nitrogens with zero attached hydrogens (tertiary/aromatic N) is 5.